The van der Waals surface area contributed by atoms with Gasteiger partial charge in [-0.2, -0.15) is 0 Å². The molecule has 2 amide bonds. The second-order valence-electron chi connectivity index (χ2n) is 7.39. The molecule has 0 aliphatic carbocycles. The number of nitrogens with zero attached hydrogens (tertiary/aromatic N) is 2. The number of pyridine rings is 1. The molecule has 0 spiro atoms. The molecule has 0 radical (unpaired) electrons. The van der Waals surface area contributed by atoms with Crippen LogP contribution in [0.15, 0.2) is 24.5 Å². The third-order valence-corrected chi connectivity index (χ3v) is 4.67. The van der Waals surface area contributed by atoms with Crippen LogP contribution < -0.4 is 16.5 Å². The van der Waals surface area contributed by atoms with Gasteiger partial charge in [0.15, 0.2) is 0 Å². The highest BCUT2D eigenvalue weighted by Crippen LogP contribution is 2.20. The highest BCUT2D eigenvalue weighted by Gasteiger charge is 2.32. The molecule has 0 aromatic carbocycles. The van der Waals surface area contributed by atoms with Crippen molar-refractivity contribution in [1.29, 1.82) is 0 Å². The van der Waals surface area contributed by atoms with Crippen LogP contribution in [0.5, 0.6) is 0 Å². The average Bonchev–Trinajstić information content (AvgIpc) is 2.71. The van der Waals surface area contributed by atoms with Gasteiger partial charge < -0.3 is 15.8 Å². The maximum atomic E-state index is 12.7. The van der Waals surface area contributed by atoms with Gasteiger partial charge in [0, 0.05) is 18.9 Å². The third kappa shape index (κ3) is 7.71. The van der Waals surface area contributed by atoms with E-state index in [9.17, 15) is 14.4 Å². The van der Waals surface area contributed by atoms with Crippen LogP contribution in [0.1, 0.15) is 32.3 Å². The molecule has 1 aliphatic heterocycles. The minimum atomic E-state index is -1.19. The lowest BCUT2D eigenvalue weighted by Gasteiger charge is -2.34. The first-order valence-corrected chi connectivity index (χ1v) is 10.4. The highest BCUT2D eigenvalue weighted by atomic mass is 35.5. The number of hydrogen-bond donors (Lipinski definition) is 3. The fourth-order valence-electron chi connectivity index (χ4n) is 2.89. The molecule has 1 aliphatic rings. The summed E-state index contributed by atoms with van der Waals surface area (Å²) in [6.45, 7) is 3.31. The Morgan fingerprint density at radius 2 is 2.20 bits per heavy atom. The number of esters is 1. The van der Waals surface area contributed by atoms with Gasteiger partial charge >= 0.3 is 5.97 Å². The lowest BCUT2D eigenvalue weighted by molar-refractivity contribution is -0.153. The number of halogens is 2. The molecule has 30 heavy (non-hydrogen) atoms. The highest BCUT2D eigenvalue weighted by molar-refractivity contribution is 6.48. The topological polar surface area (TPSA) is 127 Å². The van der Waals surface area contributed by atoms with Gasteiger partial charge in [-0.3, -0.25) is 24.4 Å². The molecule has 9 nitrogen and oxygen atoms in total. The normalized spacial score (nSPS) is 19.0. The third-order valence-electron chi connectivity index (χ3n) is 4.45. The molecule has 0 bridgehead atoms. The lowest BCUT2D eigenvalue weighted by Crippen LogP contribution is -2.60. The van der Waals surface area contributed by atoms with Crippen LogP contribution in [0.3, 0.4) is 0 Å². The van der Waals surface area contributed by atoms with E-state index in [1.54, 1.807) is 25.4 Å². The van der Waals surface area contributed by atoms with E-state index in [4.69, 9.17) is 33.7 Å². The molecule has 1 saturated heterocycles. The van der Waals surface area contributed by atoms with Gasteiger partial charge in [-0.25, -0.2) is 5.43 Å². The summed E-state index contributed by atoms with van der Waals surface area (Å²) in [6.07, 6.45) is 4.67. The predicted octanol–water partition coefficient (Wildman–Crippen LogP) is 0.689. The van der Waals surface area contributed by atoms with Crippen LogP contribution in [0.25, 0.3) is 0 Å². The van der Waals surface area contributed by atoms with Gasteiger partial charge in [0.25, 0.3) is 5.91 Å². The molecule has 1 fully saturated rings. The summed E-state index contributed by atoms with van der Waals surface area (Å²) in [5.41, 5.74) is 9.61. The Balaban J connectivity index is 1.85. The Labute approximate surface area is 185 Å². The molecule has 1 aromatic heterocycles. The first-order chi connectivity index (χ1) is 14.1. The SMILES string of the molecule is C[C@H](NC(=O)C(N)Cc1cccnc1)C(=O)N1CCC[C@@H](C(=O)OCC(C)(Cl)Cl)N1. The summed E-state index contributed by atoms with van der Waals surface area (Å²) in [6, 6.07) is 1.24. The van der Waals surface area contributed by atoms with Crippen molar-refractivity contribution in [3.05, 3.63) is 30.1 Å². The molecule has 3 atom stereocenters. The zero-order chi connectivity index (χ0) is 22.3. The predicted molar refractivity (Wildman–Crippen MR) is 112 cm³/mol. The lowest BCUT2D eigenvalue weighted by atomic mass is 10.1. The number of nitrogens with one attached hydrogen (secondary N) is 2. The number of hydrogen-bond acceptors (Lipinski definition) is 7. The summed E-state index contributed by atoms with van der Waals surface area (Å²) >= 11 is 11.6. The zero-order valence-electron chi connectivity index (χ0n) is 16.9. The summed E-state index contributed by atoms with van der Waals surface area (Å²) in [5, 5.41) is 3.93. The first-order valence-electron chi connectivity index (χ1n) is 9.63. The summed E-state index contributed by atoms with van der Waals surface area (Å²) in [7, 11) is 0. The largest absolute Gasteiger partial charge is 0.461 e. The minimum Gasteiger partial charge on any atom is -0.461 e. The molecule has 166 valence electrons. The van der Waals surface area contributed by atoms with Crippen molar-refractivity contribution in [2.75, 3.05) is 13.2 Å². The van der Waals surface area contributed by atoms with Gasteiger partial charge in [0.2, 0.25) is 5.91 Å². The molecule has 11 heteroatoms. The van der Waals surface area contributed by atoms with Crippen LogP contribution in [0.2, 0.25) is 0 Å². The molecule has 1 unspecified atom stereocenters. The Bertz CT molecular complexity index is 744. The number of carbonyl (C=O) groups excluding carboxylic acids is 3. The summed E-state index contributed by atoms with van der Waals surface area (Å²) < 4.78 is 3.91. The summed E-state index contributed by atoms with van der Waals surface area (Å²) in [5.74, 6) is -1.37. The van der Waals surface area contributed by atoms with E-state index >= 15 is 0 Å². The number of aromatic nitrogens is 1. The molecular formula is C19H27Cl2N5O4. The van der Waals surface area contributed by atoms with Crippen LogP contribution in [0, 0.1) is 0 Å². The monoisotopic (exact) mass is 459 g/mol. The fraction of sp³-hybridized carbons (Fsp3) is 0.579. The quantitative estimate of drug-likeness (QED) is 0.385. The number of ether oxygens (including phenoxy) is 1. The number of carbonyl (C=O) groups is 3. The van der Waals surface area contributed by atoms with Crippen LogP contribution in [-0.4, -0.2) is 63.4 Å². The molecule has 1 aromatic rings. The Morgan fingerprint density at radius 1 is 1.47 bits per heavy atom. The first kappa shape index (κ1) is 24.3. The van der Waals surface area contributed by atoms with E-state index in [1.165, 1.54) is 11.9 Å². The van der Waals surface area contributed by atoms with Crippen LogP contribution >= 0.6 is 23.2 Å². The van der Waals surface area contributed by atoms with Crippen molar-refractivity contribution < 1.29 is 19.1 Å². The van der Waals surface area contributed by atoms with Gasteiger partial charge in [-0.05, 0) is 44.7 Å². The van der Waals surface area contributed by atoms with Gasteiger partial charge in [0.1, 0.15) is 23.0 Å². The molecule has 0 saturated carbocycles. The second-order valence-corrected chi connectivity index (χ2v) is 9.26. The number of alkyl halides is 2. The van der Waals surface area contributed by atoms with Gasteiger partial charge in [-0.15, -0.1) is 0 Å². The van der Waals surface area contributed by atoms with Crippen molar-refractivity contribution in [2.45, 2.75) is 55.6 Å². The zero-order valence-corrected chi connectivity index (χ0v) is 18.4. The molecular weight excluding hydrogens is 433 g/mol. The van der Waals surface area contributed by atoms with Crippen molar-refractivity contribution in [3.8, 4) is 0 Å². The number of amides is 2. The van der Waals surface area contributed by atoms with Crippen LogP contribution in [0.4, 0.5) is 0 Å². The van der Waals surface area contributed by atoms with Crippen molar-refractivity contribution >= 4 is 41.0 Å². The minimum absolute atomic E-state index is 0.164. The Morgan fingerprint density at radius 3 is 2.83 bits per heavy atom. The van der Waals surface area contributed by atoms with Crippen molar-refractivity contribution in [3.63, 3.8) is 0 Å². The fourth-order valence-corrected chi connectivity index (χ4v) is 3.00. The Hall–Kier alpha value is -1.94. The summed E-state index contributed by atoms with van der Waals surface area (Å²) in [4.78, 5) is 41.2. The van der Waals surface area contributed by atoms with Crippen molar-refractivity contribution in [1.82, 2.24) is 20.7 Å². The number of nitrogens with two attached hydrogens (primary N) is 1. The van der Waals surface area contributed by atoms with E-state index in [0.29, 0.717) is 25.8 Å². The average molecular weight is 460 g/mol. The smallest absolute Gasteiger partial charge is 0.325 e. The van der Waals surface area contributed by atoms with Gasteiger partial charge in [-0.1, -0.05) is 29.3 Å². The van der Waals surface area contributed by atoms with E-state index in [0.717, 1.165) is 5.56 Å². The number of hydrazine groups is 1. The Kier molecular flexibility index (Phi) is 8.84. The standard InChI is InChI=1S/C19H27Cl2N5O4/c1-12(24-16(27)14(22)9-13-5-3-7-23-10-13)17(28)26-8-4-6-15(25-26)18(29)30-11-19(2,20)21/h3,5,7,10,12,14-15,25H,4,6,8-9,11,22H2,1-2H3,(H,24,27)/t12-,14?,15-/m0/s1. The maximum absolute atomic E-state index is 12.7. The van der Waals surface area contributed by atoms with Crippen molar-refractivity contribution in [2.24, 2.45) is 5.73 Å². The van der Waals surface area contributed by atoms with Gasteiger partial charge in [0.05, 0.1) is 6.04 Å². The van der Waals surface area contributed by atoms with E-state index < -0.39 is 34.3 Å². The molecule has 2 rings (SSSR count). The number of rotatable bonds is 8. The van der Waals surface area contributed by atoms with Crippen LogP contribution in [-0.2, 0) is 25.5 Å². The van der Waals surface area contributed by atoms with E-state index in [1.807, 2.05) is 6.07 Å². The molecule has 2 heterocycles. The molecule has 4 N–H and O–H groups in total. The van der Waals surface area contributed by atoms with E-state index in [-0.39, 0.29) is 12.5 Å². The maximum Gasteiger partial charge on any atom is 0.325 e. The second kappa shape index (κ2) is 10.9. The van der Waals surface area contributed by atoms with E-state index in [2.05, 4.69) is 15.7 Å².